The van der Waals surface area contributed by atoms with Crippen LogP contribution in [0.15, 0.2) is 48.8 Å². The van der Waals surface area contributed by atoms with E-state index in [0.29, 0.717) is 38.7 Å². The molecule has 0 saturated heterocycles. The van der Waals surface area contributed by atoms with Crippen LogP contribution in [-0.4, -0.2) is 9.97 Å². The van der Waals surface area contributed by atoms with Gasteiger partial charge in [0.2, 0.25) is 0 Å². The van der Waals surface area contributed by atoms with Gasteiger partial charge in [0.25, 0.3) is 0 Å². The molecule has 0 saturated carbocycles. The number of nitrogen functional groups attached to an aromatic ring is 1. The van der Waals surface area contributed by atoms with Gasteiger partial charge in [-0.3, -0.25) is 0 Å². The Morgan fingerprint density at radius 3 is 1.96 bits per heavy atom. The van der Waals surface area contributed by atoms with E-state index in [4.69, 9.17) is 28.9 Å². The third-order valence-electron chi connectivity index (χ3n) is 3.12. The molecule has 4 N–H and O–H groups in total. The Kier molecular flexibility index (Phi) is 4.69. The summed E-state index contributed by atoms with van der Waals surface area (Å²) in [5.74, 6) is 0.469. The van der Waals surface area contributed by atoms with Gasteiger partial charge in [-0.1, -0.05) is 23.2 Å². The maximum atomic E-state index is 13.0. The van der Waals surface area contributed by atoms with Gasteiger partial charge in [0.1, 0.15) is 17.8 Å². The fourth-order valence-corrected chi connectivity index (χ4v) is 2.55. The Morgan fingerprint density at radius 1 is 0.833 bits per heavy atom. The third-order valence-corrected chi connectivity index (χ3v) is 3.55. The van der Waals surface area contributed by atoms with Crippen LogP contribution in [0.4, 0.5) is 33.1 Å². The molecule has 1 aromatic heterocycles. The molecule has 5 nitrogen and oxygen atoms in total. The number of benzene rings is 2. The number of halogens is 3. The minimum Gasteiger partial charge on any atom is -0.393 e. The van der Waals surface area contributed by atoms with Crippen LogP contribution >= 0.6 is 23.2 Å². The van der Waals surface area contributed by atoms with Crippen molar-refractivity contribution >= 4 is 51.9 Å². The standard InChI is InChI=1S/C16H12Cl2FN5/c17-9-5-10(18)7-13(6-9)24-16-14(20)15(21-8-22-16)23-12-3-1-11(19)2-4-12/h1-8H,20H2,(H2,21,22,23,24). The predicted molar refractivity (Wildman–Crippen MR) is 95.9 cm³/mol. The lowest BCUT2D eigenvalue weighted by Crippen LogP contribution is -2.05. The predicted octanol–water partition coefficient (Wildman–Crippen LogP) is 4.99. The highest BCUT2D eigenvalue weighted by molar-refractivity contribution is 6.35. The molecule has 0 aliphatic carbocycles. The fourth-order valence-electron chi connectivity index (χ4n) is 2.03. The highest BCUT2D eigenvalue weighted by Gasteiger charge is 2.09. The molecule has 0 radical (unpaired) electrons. The van der Waals surface area contributed by atoms with Crippen molar-refractivity contribution in [1.29, 1.82) is 0 Å². The molecule has 0 aliphatic rings. The quantitative estimate of drug-likeness (QED) is 0.608. The number of rotatable bonds is 4. The SMILES string of the molecule is Nc1c(Nc2ccc(F)cc2)ncnc1Nc1cc(Cl)cc(Cl)c1. The van der Waals surface area contributed by atoms with Gasteiger partial charge in [-0.05, 0) is 42.5 Å². The van der Waals surface area contributed by atoms with Gasteiger partial charge in [0.15, 0.2) is 11.6 Å². The zero-order valence-electron chi connectivity index (χ0n) is 12.2. The molecular weight excluding hydrogens is 352 g/mol. The lowest BCUT2D eigenvalue weighted by Gasteiger charge is -2.13. The first-order valence-electron chi connectivity index (χ1n) is 6.87. The summed E-state index contributed by atoms with van der Waals surface area (Å²) in [6, 6.07) is 10.9. The maximum Gasteiger partial charge on any atom is 0.159 e. The van der Waals surface area contributed by atoms with Gasteiger partial charge >= 0.3 is 0 Å². The molecule has 0 aliphatic heterocycles. The second-order valence-electron chi connectivity index (χ2n) is 4.90. The highest BCUT2D eigenvalue weighted by atomic mass is 35.5. The average Bonchev–Trinajstić information content (AvgIpc) is 2.52. The van der Waals surface area contributed by atoms with E-state index < -0.39 is 0 Å². The van der Waals surface area contributed by atoms with E-state index in [1.165, 1.54) is 18.5 Å². The van der Waals surface area contributed by atoms with Gasteiger partial charge in [-0.15, -0.1) is 0 Å². The lowest BCUT2D eigenvalue weighted by molar-refractivity contribution is 0.628. The van der Waals surface area contributed by atoms with Crippen molar-refractivity contribution in [3.63, 3.8) is 0 Å². The number of hydrogen-bond donors (Lipinski definition) is 3. The summed E-state index contributed by atoms with van der Waals surface area (Å²) in [6.07, 6.45) is 1.36. The van der Waals surface area contributed by atoms with E-state index >= 15 is 0 Å². The van der Waals surface area contributed by atoms with E-state index in [0.717, 1.165) is 0 Å². The fraction of sp³-hybridized carbons (Fsp3) is 0. The lowest BCUT2D eigenvalue weighted by atomic mass is 10.3. The topological polar surface area (TPSA) is 75.9 Å². The van der Waals surface area contributed by atoms with Crippen molar-refractivity contribution in [2.75, 3.05) is 16.4 Å². The molecule has 0 fully saturated rings. The molecule has 0 amide bonds. The first-order valence-corrected chi connectivity index (χ1v) is 7.63. The van der Waals surface area contributed by atoms with Gasteiger partial charge in [0.05, 0.1) is 0 Å². The first kappa shape index (κ1) is 16.3. The van der Waals surface area contributed by atoms with Gasteiger partial charge in [-0.25, -0.2) is 14.4 Å². The summed E-state index contributed by atoms with van der Waals surface area (Å²) in [6.45, 7) is 0. The summed E-state index contributed by atoms with van der Waals surface area (Å²) in [5, 5.41) is 7.03. The number of anilines is 5. The van der Waals surface area contributed by atoms with Crippen LogP contribution in [0.5, 0.6) is 0 Å². The largest absolute Gasteiger partial charge is 0.393 e. The van der Waals surface area contributed by atoms with E-state index in [-0.39, 0.29) is 5.82 Å². The average molecular weight is 364 g/mol. The smallest absolute Gasteiger partial charge is 0.159 e. The van der Waals surface area contributed by atoms with Crippen LogP contribution in [0, 0.1) is 5.82 Å². The number of nitrogens with one attached hydrogen (secondary N) is 2. The molecule has 0 atom stereocenters. The van der Waals surface area contributed by atoms with Crippen LogP contribution in [0.2, 0.25) is 10.0 Å². The summed E-state index contributed by atoms with van der Waals surface area (Å²) in [5.41, 5.74) is 7.69. The Hall–Kier alpha value is -2.57. The molecule has 0 bridgehead atoms. The Balaban J connectivity index is 1.86. The molecule has 2 aromatic carbocycles. The number of nitrogens with zero attached hydrogens (tertiary/aromatic N) is 2. The summed E-state index contributed by atoms with van der Waals surface area (Å²) in [4.78, 5) is 8.22. The first-order chi connectivity index (χ1) is 11.5. The van der Waals surface area contributed by atoms with Crippen molar-refractivity contribution in [2.24, 2.45) is 0 Å². The zero-order chi connectivity index (χ0) is 17.1. The van der Waals surface area contributed by atoms with Crippen molar-refractivity contribution in [2.45, 2.75) is 0 Å². The van der Waals surface area contributed by atoms with Crippen LogP contribution < -0.4 is 16.4 Å². The van der Waals surface area contributed by atoms with Crippen molar-refractivity contribution in [3.05, 3.63) is 64.7 Å². The van der Waals surface area contributed by atoms with E-state index in [2.05, 4.69) is 20.6 Å². The Labute approximate surface area is 147 Å². The highest BCUT2D eigenvalue weighted by Crippen LogP contribution is 2.30. The third kappa shape index (κ3) is 3.84. The minimum absolute atomic E-state index is 0.304. The van der Waals surface area contributed by atoms with Crippen molar-refractivity contribution in [1.82, 2.24) is 9.97 Å². The molecule has 1 heterocycles. The molecule has 122 valence electrons. The molecular formula is C16H12Cl2FN5. The van der Waals surface area contributed by atoms with Crippen molar-refractivity contribution in [3.8, 4) is 0 Å². The molecule has 3 rings (SSSR count). The van der Waals surface area contributed by atoms with E-state index in [9.17, 15) is 4.39 Å². The van der Waals surface area contributed by atoms with Gasteiger partial charge in [-0.2, -0.15) is 0 Å². The Bertz CT molecular complexity index is 851. The summed E-state index contributed by atoms with van der Waals surface area (Å²) in [7, 11) is 0. The van der Waals surface area contributed by atoms with Crippen LogP contribution in [-0.2, 0) is 0 Å². The Morgan fingerprint density at radius 2 is 1.38 bits per heavy atom. The minimum atomic E-state index is -0.323. The maximum absolute atomic E-state index is 13.0. The number of hydrogen-bond acceptors (Lipinski definition) is 5. The second kappa shape index (κ2) is 6.90. The van der Waals surface area contributed by atoms with E-state index in [1.807, 2.05) is 0 Å². The summed E-state index contributed by atoms with van der Waals surface area (Å²) < 4.78 is 13.0. The molecule has 3 aromatic rings. The molecule has 0 unspecified atom stereocenters. The van der Waals surface area contributed by atoms with Crippen LogP contribution in [0.1, 0.15) is 0 Å². The summed E-state index contributed by atoms with van der Waals surface area (Å²) >= 11 is 12.0. The number of aromatic nitrogens is 2. The monoisotopic (exact) mass is 363 g/mol. The van der Waals surface area contributed by atoms with Crippen LogP contribution in [0.3, 0.4) is 0 Å². The molecule has 24 heavy (non-hydrogen) atoms. The van der Waals surface area contributed by atoms with Gasteiger partial charge in [0, 0.05) is 21.4 Å². The van der Waals surface area contributed by atoms with Crippen LogP contribution in [0.25, 0.3) is 0 Å². The zero-order valence-corrected chi connectivity index (χ0v) is 13.7. The molecule has 0 spiro atoms. The second-order valence-corrected chi connectivity index (χ2v) is 5.77. The van der Waals surface area contributed by atoms with Crippen molar-refractivity contribution < 1.29 is 4.39 Å². The molecule has 8 heteroatoms. The van der Waals surface area contributed by atoms with E-state index in [1.54, 1.807) is 30.3 Å². The number of nitrogens with two attached hydrogens (primary N) is 1. The van der Waals surface area contributed by atoms with Gasteiger partial charge < -0.3 is 16.4 Å². The normalized spacial score (nSPS) is 10.5.